The Morgan fingerprint density at radius 1 is 0.708 bits per heavy atom. The fourth-order valence-electron chi connectivity index (χ4n) is 2.64. The van der Waals surface area contributed by atoms with Crippen LogP contribution in [-0.4, -0.2) is 64.5 Å². The highest BCUT2D eigenvalue weighted by molar-refractivity contribution is 7.97. The van der Waals surface area contributed by atoms with Gasteiger partial charge in [-0.15, -0.1) is 3.29 Å². The molecular weight excluding hydrogens is 378 g/mol. The molecule has 0 spiro atoms. The highest BCUT2D eigenvalue weighted by Crippen LogP contribution is 2.24. The maximum atomic E-state index is 12.2. The molecule has 0 amide bonds. The van der Waals surface area contributed by atoms with Crippen molar-refractivity contribution in [3.8, 4) is 0 Å². The molecule has 0 aromatic carbocycles. The van der Waals surface area contributed by atoms with Crippen molar-refractivity contribution < 1.29 is 33.1 Å². The van der Waals surface area contributed by atoms with E-state index in [4.69, 9.17) is 4.55 Å². The lowest BCUT2D eigenvalue weighted by Gasteiger charge is -2.33. The highest BCUT2D eigenvalue weighted by atomic mass is 32.3. The van der Waals surface area contributed by atoms with Gasteiger partial charge >= 0.3 is 20.0 Å². The van der Waals surface area contributed by atoms with E-state index < -0.39 is 45.8 Å². The number of quaternary nitrogens is 1. The van der Waals surface area contributed by atoms with Crippen molar-refractivity contribution in [2.45, 2.75) is 51.9 Å². The highest BCUT2D eigenvalue weighted by Gasteiger charge is 2.47. The average molecular weight is 409 g/mol. The van der Waals surface area contributed by atoms with Crippen LogP contribution in [0, 0.1) is 0 Å². The molecule has 0 heterocycles. The molecule has 0 unspecified atom stereocenters. The molecule has 0 saturated heterocycles. The maximum Gasteiger partial charge on any atom is 0.308 e. The molecule has 0 bridgehead atoms. The molecule has 8 nitrogen and oxygen atoms in total. The van der Waals surface area contributed by atoms with E-state index in [2.05, 4.69) is 6.92 Å². The Labute approximate surface area is 146 Å². The summed E-state index contributed by atoms with van der Waals surface area (Å²) in [5.74, 6) is -0.672. The fourth-order valence-corrected chi connectivity index (χ4v) is 6.95. The van der Waals surface area contributed by atoms with Crippen molar-refractivity contribution in [3.63, 3.8) is 0 Å². The largest absolute Gasteiger partial charge is 0.308 e. The van der Waals surface area contributed by atoms with Gasteiger partial charge in [0.2, 0.25) is 0 Å². The maximum absolute atomic E-state index is 12.2. The van der Waals surface area contributed by atoms with E-state index in [0.717, 1.165) is 38.2 Å². The number of hydrogen-bond acceptors (Lipinski definition) is 6. The van der Waals surface area contributed by atoms with Gasteiger partial charge < -0.3 is 0 Å². The minimum absolute atomic E-state index is 0.116. The summed E-state index contributed by atoms with van der Waals surface area (Å²) in [5, 5.41) is 0. The van der Waals surface area contributed by atoms with Crippen LogP contribution in [0.15, 0.2) is 0 Å². The lowest BCUT2D eigenvalue weighted by molar-refractivity contribution is -0.672. The first-order valence-electron chi connectivity index (χ1n) is 7.99. The molecule has 24 heavy (non-hydrogen) atoms. The number of unbranched alkanes of at least 4 members (excludes halogenated alkanes) is 5. The van der Waals surface area contributed by atoms with Crippen LogP contribution in [0.5, 0.6) is 0 Å². The molecule has 0 saturated carbocycles. The Morgan fingerprint density at radius 2 is 1.12 bits per heavy atom. The summed E-state index contributed by atoms with van der Waals surface area (Å²) in [6.45, 7) is 1.56. The summed E-state index contributed by atoms with van der Waals surface area (Å²) in [6.07, 6.45) is 6.61. The topological polar surface area (TPSA) is 123 Å². The Hall–Kier alpha value is -0.230. The predicted molar refractivity (Wildman–Crippen MR) is 94.1 cm³/mol. The van der Waals surface area contributed by atoms with Crippen molar-refractivity contribution in [3.05, 3.63) is 0 Å². The van der Waals surface area contributed by atoms with Crippen molar-refractivity contribution in [2.75, 3.05) is 31.4 Å². The summed E-state index contributed by atoms with van der Waals surface area (Å²) < 4.78 is 78.1. The molecule has 1 N–H and O–H groups in total. The van der Waals surface area contributed by atoms with Gasteiger partial charge in [-0.25, -0.2) is 0 Å². The van der Waals surface area contributed by atoms with Gasteiger partial charge in [-0.1, -0.05) is 32.6 Å². The van der Waals surface area contributed by atoms with Gasteiger partial charge in [0.05, 0.1) is 18.3 Å². The van der Waals surface area contributed by atoms with Crippen LogP contribution < -0.4 is 0 Å². The standard InChI is InChI=1S/C13H29NO7S3/c1-4-5-6-7-8-9-11-14(22(2,15)16,23(3,17)18)12-10-13-24(19,20)21/h4-13H2,1-3H3/p+1. The quantitative estimate of drug-likeness (QED) is 0.277. The Balaban J connectivity index is 5.19. The molecule has 0 atom stereocenters. The van der Waals surface area contributed by atoms with E-state index in [-0.39, 0.29) is 13.0 Å². The third-order valence-corrected chi connectivity index (χ3v) is 9.54. The van der Waals surface area contributed by atoms with Gasteiger partial charge in [0.25, 0.3) is 10.1 Å². The Morgan fingerprint density at radius 3 is 1.54 bits per heavy atom. The Bertz CT molecular complexity index is 649. The van der Waals surface area contributed by atoms with Crippen LogP contribution in [0.25, 0.3) is 0 Å². The normalized spacial score (nSPS) is 14.0. The number of nitrogens with zero attached hydrogens (tertiary/aromatic N) is 1. The van der Waals surface area contributed by atoms with E-state index in [1.54, 1.807) is 0 Å². The predicted octanol–water partition coefficient (Wildman–Crippen LogP) is 1.36. The molecule has 0 aromatic rings. The van der Waals surface area contributed by atoms with E-state index in [0.29, 0.717) is 12.8 Å². The van der Waals surface area contributed by atoms with E-state index in [9.17, 15) is 25.3 Å². The van der Waals surface area contributed by atoms with Crippen molar-refractivity contribution in [1.82, 2.24) is 0 Å². The van der Waals surface area contributed by atoms with Crippen LogP contribution in [0.1, 0.15) is 51.9 Å². The molecule has 0 aliphatic heterocycles. The van der Waals surface area contributed by atoms with Gasteiger partial charge in [0, 0.05) is 6.42 Å². The van der Waals surface area contributed by atoms with E-state index in [1.165, 1.54) is 0 Å². The van der Waals surface area contributed by atoms with E-state index in [1.807, 2.05) is 0 Å². The first kappa shape index (κ1) is 23.8. The van der Waals surface area contributed by atoms with Gasteiger partial charge in [-0.05, 0) is 12.8 Å². The SMILES string of the molecule is CCCCCCCC[N+](CCCS(=O)(=O)O)(S(C)(=O)=O)S(C)(=O)=O. The van der Waals surface area contributed by atoms with Gasteiger partial charge in [0.1, 0.15) is 13.1 Å². The third-order valence-electron chi connectivity index (χ3n) is 3.96. The van der Waals surface area contributed by atoms with Gasteiger partial charge in [-0.2, -0.15) is 25.3 Å². The molecule has 146 valence electrons. The first-order chi connectivity index (χ1) is 10.8. The van der Waals surface area contributed by atoms with Crippen LogP contribution in [0.4, 0.5) is 0 Å². The van der Waals surface area contributed by atoms with Crippen LogP contribution in [0.3, 0.4) is 0 Å². The summed E-state index contributed by atoms with van der Waals surface area (Å²) in [4.78, 5) is 0. The number of rotatable bonds is 13. The van der Waals surface area contributed by atoms with Crippen molar-refractivity contribution in [1.29, 1.82) is 0 Å². The second-order valence-corrected chi connectivity index (χ2v) is 12.3. The molecule has 0 radical (unpaired) electrons. The minimum Gasteiger partial charge on any atom is -0.286 e. The fraction of sp³-hybridized carbons (Fsp3) is 1.00. The first-order valence-corrected chi connectivity index (χ1v) is 13.3. The second-order valence-electron chi connectivity index (χ2n) is 6.14. The smallest absolute Gasteiger partial charge is 0.286 e. The molecule has 0 aliphatic rings. The van der Waals surface area contributed by atoms with Crippen molar-refractivity contribution in [2.24, 2.45) is 0 Å². The molecule has 0 fully saturated rings. The summed E-state index contributed by atoms with van der Waals surface area (Å²) in [7, 11) is -12.3. The molecular formula is C13H30NO7S3+. The van der Waals surface area contributed by atoms with E-state index >= 15 is 0 Å². The average Bonchev–Trinajstić information content (AvgIpc) is 2.36. The van der Waals surface area contributed by atoms with Crippen molar-refractivity contribution >= 4 is 30.2 Å². The second kappa shape index (κ2) is 9.46. The zero-order valence-electron chi connectivity index (χ0n) is 14.6. The lowest BCUT2D eigenvalue weighted by atomic mass is 10.1. The molecule has 0 rings (SSSR count). The van der Waals surface area contributed by atoms with Gasteiger partial charge in [-0.3, -0.25) is 4.55 Å². The minimum atomic E-state index is -4.27. The third kappa shape index (κ3) is 7.77. The lowest BCUT2D eigenvalue weighted by Crippen LogP contribution is -2.57. The zero-order valence-corrected chi connectivity index (χ0v) is 17.1. The summed E-state index contributed by atoms with van der Waals surface area (Å²) in [6, 6.07) is 0. The molecule has 0 aromatic heterocycles. The Kier molecular flexibility index (Phi) is 9.37. The molecule has 0 aliphatic carbocycles. The molecule has 11 heteroatoms. The van der Waals surface area contributed by atoms with Crippen LogP contribution in [-0.2, 0) is 30.2 Å². The summed E-state index contributed by atoms with van der Waals surface area (Å²) in [5.41, 5.74) is 0. The zero-order chi connectivity index (χ0) is 19.1. The van der Waals surface area contributed by atoms with Gasteiger partial charge in [0.15, 0.2) is 0 Å². The van der Waals surface area contributed by atoms with Crippen LogP contribution >= 0.6 is 0 Å². The number of hydrogen-bond donors (Lipinski definition) is 1. The monoisotopic (exact) mass is 408 g/mol. The number of sulfonamides is 2. The van der Waals surface area contributed by atoms with Crippen LogP contribution in [0.2, 0.25) is 0 Å². The summed E-state index contributed by atoms with van der Waals surface area (Å²) >= 11 is 0.